The molecule has 2 nitrogen and oxygen atoms in total. The van der Waals surface area contributed by atoms with Gasteiger partial charge in [-0.15, -0.1) is 0 Å². The molecule has 0 N–H and O–H groups in total. The SMILES string of the molecule is Cc1cc(C)cc(N(C)CC(=O)c2ccccc2F)c1. The molecule has 0 unspecified atom stereocenters. The van der Waals surface area contributed by atoms with Gasteiger partial charge >= 0.3 is 0 Å². The molecule has 2 aromatic carbocycles. The Kier molecular flexibility index (Phi) is 4.18. The molecule has 0 radical (unpaired) electrons. The van der Waals surface area contributed by atoms with Gasteiger partial charge in [0.05, 0.1) is 12.1 Å². The molecule has 3 heteroatoms. The van der Waals surface area contributed by atoms with Gasteiger partial charge in [0.2, 0.25) is 0 Å². The van der Waals surface area contributed by atoms with E-state index in [2.05, 4.69) is 6.07 Å². The van der Waals surface area contributed by atoms with Gasteiger partial charge in [-0.05, 0) is 49.2 Å². The molecule has 20 heavy (non-hydrogen) atoms. The molecule has 0 atom stereocenters. The van der Waals surface area contributed by atoms with Gasteiger partial charge in [0.1, 0.15) is 5.82 Å². The topological polar surface area (TPSA) is 20.3 Å². The molecule has 0 spiro atoms. The molecule has 0 heterocycles. The van der Waals surface area contributed by atoms with Gasteiger partial charge in [-0.1, -0.05) is 18.2 Å². The minimum Gasteiger partial charge on any atom is -0.367 e. The predicted octanol–water partition coefficient (Wildman–Crippen LogP) is 3.76. The van der Waals surface area contributed by atoms with E-state index in [4.69, 9.17) is 0 Å². The van der Waals surface area contributed by atoms with E-state index in [1.807, 2.05) is 37.9 Å². The Labute approximate surface area is 118 Å². The average Bonchev–Trinajstić information content (AvgIpc) is 2.37. The standard InChI is InChI=1S/C17H18FNO/c1-12-8-13(2)10-14(9-12)19(3)11-17(20)15-6-4-5-7-16(15)18/h4-10H,11H2,1-3H3. The maximum atomic E-state index is 13.6. The number of nitrogens with zero attached hydrogens (tertiary/aromatic N) is 1. The smallest absolute Gasteiger partial charge is 0.185 e. The van der Waals surface area contributed by atoms with Crippen LogP contribution in [0.2, 0.25) is 0 Å². The van der Waals surface area contributed by atoms with Crippen molar-refractivity contribution in [2.24, 2.45) is 0 Å². The van der Waals surface area contributed by atoms with Gasteiger partial charge in [0.25, 0.3) is 0 Å². The van der Waals surface area contributed by atoms with Crippen molar-refractivity contribution in [2.75, 3.05) is 18.5 Å². The summed E-state index contributed by atoms with van der Waals surface area (Å²) in [4.78, 5) is 14.0. The number of hydrogen-bond donors (Lipinski definition) is 0. The van der Waals surface area contributed by atoms with E-state index in [0.29, 0.717) is 0 Å². The Balaban J connectivity index is 2.17. The van der Waals surface area contributed by atoms with Crippen LogP contribution in [0.5, 0.6) is 0 Å². The molecule has 0 amide bonds. The summed E-state index contributed by atoms with van der Waals surface area (Å²) >= 11 is 0. The predicted molar refractivity (Wildman–Crippen MR) is 79.9 cm³/mol. The average molecular weight is 271 g/mol. The number of Topliss-reactive ketones (excluding diaryl/α,β-unsaturated/α-hetero) is 1. The molecule has 104 valence electrons. The van der Waals surface area contributed by atoms with Crippen LogP contribution in [0, 0.1) is 19.7 Å². The lowest BCUT2D eigenvalue weighted by molar-refractivity contribution is 0.0996. The zero-order chi connectivity index (χ0) is 14.7. The first-order chi connectivity index (χ1) is 9.47. The number of anilines is 1. The molecule has 2 aromatic rings. The van der Waals surface area contributed by atoms with E-state index < -0.39 is 5.82 Å². The van der Waals surface area contributed by atoms with Gasteiger partial charge in [-0.25, -0.2) is 4.39 Å². The van der Waals surface area contributed by atoms with E-state index >= 15 is 0 Å². The molecule has 0 saturated carbocycles. The number of carbonyl (C=O) groups excluding carboxylic acids is 1. The van der Waals surface area contributed by atoms with Crippen molar-refractivity contribution in [3.8, 4) is 0 Å². The van der Waals surface area contributed by atoms with Crippen molar-refractivity contribution in [1.29, 1.82) is 0 Å². The van der Waals surface area contributed by atoms with Crippen molar-refractivity contribution in [1.82, 2.24) is 0 Å². The number of ketones is 1. The second-order valence-electron chi connectivity index (χ2n) is 5.10. The van der Waals surface area contributed by atoms with Crippen molar-refractivity contribution in [2.45, 2.75) is 13.8 Å². The van der Waals surface area contributed by atoms with Crippen LogP contribution in [-0.2, 0) is 0 Å². The summed E-state index contributed by atoms with van der Waals surface area (Å²) in [5, 5.41) is 0. The summed E-state index contributed by atoms with van der Waals surface area (Å²) in [6, 6.07) is 12.2. The minimum atomic E-state index is -0.466. The second kappa shape index (κ2) is 5.87. The second-order valence-corrected chi connectivity index (χ2v) is 5.10. The lowest BCUT2D eigenvalue weighted by atomic mass is 10.1. The summed E-state index contributed by atoms with van der Waals surface area (Å²) in [5.74, 6) is -0.684. The lowest BCUT2D eigenvalue weighted by Crippen LogP contribution is -2.26. The summed E-state index contributed by atoms with van der Waals surface area (Å²) < 4.78 is 13.6. The molecule has 0 aromatic heterocycles. The number of benzene rings is 2. The molecule has 0 saturated heterocycles. The van der Waals surface area contributed by atoms with Gasteiger partial charge in [0, 0.05) is 12.7 Å². The normalized spacial score (nSPS) is 10.4. The summed E-state index contributed by atoms with van der Waals surface area (Å²) in [6.07, 6.45) is 0. The molecule has 0 aliphatic heterocycles. The first kappa shape index (κ1) is 14.3. The van der Waals surface area contributed by atoms with Crippen molar-refractivity contribution >= 4 is 11.5 Å². The maximum absolute atomic E-state index is 13.6. The van der Waals surface area contributed by atoms with E-state index in [1.165, 1.54) is 12.1 Å². The largest absolute Gasteiger partial charge is 0.367 e. The molecule has 0 aliphatic rings. The van der Waals surface area contributed by atoms with Crippen molar-refractivity contribution in [3.63, 3.8) is 0 Å². The number of aryl methyl sites for hydroxylation is 2. The molecule has 0 bridgehead atoms. The highest BCUT2D eigenvalue weighted by Gasteiger charge is 2.14. The third-order valence-electron chi connectivity index (χ3n) is 3.20. The lowest BCUT2D eigenvalue weighted by Gasteiger charge is -2.19. The van der Waals surface area contributed by atoms with Crippen LogP contribution >= 0.6 is 0 Å². The molecule has 2 rings (SSSR count). The Bertz CT molecular complexity index is 616. The van der Waals surface area contributed by atoms with Crippen LogP contribution in [0.3, 0.4) is 0 Å². The number of rotatable bonds is 4. The number of carbonyl (C=O) groups is 1. The molecular formula is C17H18FNO. The summed E-state index contributed by atoms with van der Waals surface area (Å²) in [5.41, 5.74) is 3.39. The highest BCUT2D eigenvalue weighted by Crippen LogP contribution is 2.18. The fourth-order valence-electron chi connectivity index (χ4n) is 2.25. The maximum Gasteiger partial charge on any atom is 0.185 e. The quantitative estimate of drug-likeness (QED) is 0.789. The third-order valence-corrected chi connectivity index (χ3v) is 3.20. The number of hydrogen-bond acceptors (Lipinski definition) is 2. The monoisotopic (exact) mass is 271 g/mol. The zero-order valence-electron chi connectivity index (χ0n) is 12.0. The minimum absolute atomic E-state index is 0.142. The van der Waals surface area contributed by atoms with Gasteiger partial charge in [0.15, 0.2) is 5.78 Å². The Morgan fingerprint density at radius 2 is 1.70 bits per heavy atom. The third kappa shape index (κ3) is 3.23. The van der Waals surface area contributed by atoms with Gasteiger partial charge < -0.3 is 4.90 Å². The Morgan fingerprint density at radius 3 is 2.30 bits per heavy atom. The van der Waals surface area contributed by atoms with Crippen molar-refractivity contribution in [3.05, 3.63) is 65.0 Å². The number of likely N-dealkylation sites (N-methyl/N-ethyl adjacent to an activating group) is 1. The fourth-order valence-corrected chi connectivity index (χ4v) is 2.25. The number of halogens is 1. The summed E-state index contributed by atoms with van der Waals surface area (Å²) in [6.45, 7) is 4.19. The van der Waals surface area contributed by atoms with Crippen LogP contribution in [0.4, 0.5) is 10.1 Å². The van der Waals surface area contributed by atoms with E-state index in [9.17, 15) is 9.18 Å². The molecule has 0 fully saturated rings. The van der Waals surface area contributed by atoms with E-state index in [-0.39, 0.29) is 17.9 Å². The van der Waals surface area contributed by atoms with Gasteiger partial charge in [-0.3, -0.25) is 4.79 Å². The Hall–Kier alpha value is -2.16. The van der Waals surface area contributed by atoms with E-state index in [1.54, 1.807) is 12.1 Å². The van der Waals surface area contributed by atoms with Crippen LogP contribution in [0.1, 0.15) is 21.5 Å². The van der Waals surface area contributed by atoms with Crippen molar-refractivity contribution < 1.29 is 9.18 Å². The van der Waals surface area contributed by atoms with Crippen LogP contribution < -0.4 is 4.90 Å². The Morgan fingerprint density at radius 1 is 1.10 bits per heavy atom. The van der Waals surface area contributed by atoms with Crippen LogP contribution in [0.15, 0.2) is 42.5 Å². The zero-order valence-corrected chi connectivity index (χ0v) is 12.0. The van der Waals surface area contributed by atoms with Crippen LogP contribution in [0.25, 0.3) is 0 Å². The highest BCUT2D eigenvalue weighted by atomic mass is 19.1. The first-order valence-corrected chi connectivity index (χ1v) is 6.54. The molecular weight excluding hydrogens is 253 g/mol. The first-order valence-electron chi connectivity index (χ1n) is 6.54. The van der Waals surface area contributed by atoms with E-state index in [0.717, 1.165) is 16.8 Å². The van der Waals surface area contributed by atoms with Crippen LogP contribution in [-0.4, -0.2) is 19.4 Å². The summed E-state index contributed by atoms with van der Waals surface area (Å²) in [7, 11) is 1.84. The van der Waals surface area contributed by atoms with Gasteiger partial charge in [-0.2, -0.15) is 0 Å². The molecule has 0 aliphatic carbocycles. The fraction of sp³-hybridized carbons (Fsp3) is 0.235. The highest BCUT2D eigenvalue weighted by molar-refractivity contribution is 5.99.